The summed E-state index contributed by atoms with van der Waals surface area (Å²) in [6.45, 7) is 7.20. The molecule has 1 fully saturated rings. The number of piperidine rings is 1. The van der Waals surface area contributed by atoms with Crippen molar-refractivity contribution >= 4 is 0 Å². The van der Waals surface area contributed by atoms with Crippen molar-refractivity contribution in [2.75, 3.05) is 26.2 Å². The van der Waals surface area contributed by atoms with Crippen LogP contribution in [0.5, 0.6) is 0 Å². The molecule has 0 aliphatic carbocycles. The number of hydrogen-bond donors (Lipinski definition) is 1. The van der Waals surface area contributed by atoms with E-state index in [2.05, 4.69) is 47.5 Å². The van der Waals surface area contributed by atoms with E-state index < -0.39 is 0 Å². The summed E-state index contributed by atoms with van der Waals surface area (Å²) in [5.41, 5.74) is 1.47. The van der Waals surface area contributed by atoms with Gasteiger partial charge in [-0.15, -0.1) is 0 Å². The molecule has 1 aromatic rings. The molecule has 1 aromatic carbocycles. The molecular formula is C17H28N2. The van der Waals surface area contributed by atoms with Gasteiger partial charge in [0.25, 0.3) is 0 Å². The van der Waals surface area contributed by atoms with Crippen molar-refractivity contribution in [2.45, 2.75) is 45.1 Å². The quantitative estimate of drug-likeness (QED) is 0.810. The van der Waals surface area contributed by atoms with Gasteiger partial charge in [-0.3, -0.25) is 0 Å². The van der Waals surface area contributed by atoms with Crippen molar-refractivity contribution in [1.82, 2.24) is 10.2 Å². The molecule has 1 N–H and O–H groups in total. The highest BCUT2D eigenvalue weighted by Crippen LogP contribution is 2.11. The summed E-state index contributed by atoms with van der Waals surface area (Å²) >= 11 is 0. The molecule has 19 heavy (non-hydrogen) atoms. The Morgan fingerprint density at radius 2 is 2.11 bits per heavy atom. The number of rotatable bonds is 7. The monoisotopic (exact) mass is 260 g/mol. The fourth-order valence-corrected chi connectivity index (χ4v) is 2.93. The molecule has 2 heteroatoms. The van der Waals surface area contributed by atoms with Crippen molar-refractivity contribution < 1.29 is 0 Å². The number of benzene rings is 1. The molecule has 0 amide bonds. The molecule has 106 valence electrons. The Hall–Kier alpha value is -0.860. The Labute approximate surface area is 118 Å². The van der Waals surface area contributed by atoms with Gasteiger partial charge in [0.05, 0.1) is 0 Å². The summed E-state index contributed by atoms with van der Waals surface area (Å²) in [5.74, 6) is 0. The number of nitrogens with zero attached hydrogens (tertiary/aromatic N) is 1. The zero-order valence-corrected chi connectivity index (χ0v) is 12.3. The second-order valence-electron chi connectivity index (χ2n) is 5.68. The molecule has 0 saturated carbocycles. The van der Waals surface area contributed by atoms with Crippen LogP contribution in [0.2, 0.25) is 0 Å². The van der Waals surface area contributed by atoms with E-state index in [4.69, 9.17) is 0 Å². The lowest BCUT2D eigenvalue weighted by Crippen LogP contribution is -2.46. The van der Waals surface area contributed by atoms with Gasteiger partial charge in [0.15, 0.2) is 0 Å². The van der Waals surface area contributed by atoms with Crippen LogP contribution in [0.15, 0.2) is 30.3 Å². The Balaban J connectivity index is 1.65. The third kappa shape index (κ3) is 5.33. The molecule has 2 nitrogen and oxygen atoms in total. The van der Waals surface area contributed by atoms with E-state index in [9.17, 15) is 0 Å². The van der Waals surface area contributed by atoms with Crippen molar-refractivity contribution in [1.29, 1.82) is 0 Å². The molecule has 2 rings (SSSR count). The summed E-state index contributed by atoms with van der Waals surface area (Å²) in [4.78, 5) is 2.64. The molecule has 1 unspecified atom stereocenters. The van der Waals surface area contributed by atoms with E-state index in [1.54, 1.807) is 0 Å². The van der Waals surface area contributed by atoms with E-state index >= 15 is 0 Å². The van der Waals surface area contributed by atoms with Crippen LogP contribution in [0.25, 0.3) is 0 Å². The SMILES string of the molecule is CCCNC1CCCN(CCCc2ccccc2)C1. The molecule has 1 aliphatic heterocycles. The van der Waals surface area contributed by atoms with E-state index in [1.807, 2.05) is 0 Å². The minimum atomic E-state index is 0.727. The Morgan fingerprint density at radius 1 is 1.26 bits per heavy atom. The summed E-state index contributed by atoms with van der Waals surface area (Å²) in [6.07, 6.45) is 6.45. The van der Waals surface area contributed by atoms with E-state index in [0.29, 0.717) is 0 Å². The predicted octanol–water partition coefficient (Wildman–Crippen LogP) is 3.08. The standard InChI is InChI=1S/C17H28N2/c1-2-12-18-17-11-7-14-19(15-17)13-6-10-16-8-4-3-5-9-16/h3-5,8-9,17-18H,2,6-7,10-15H2,1H3. The van der Waals surface area contributed by atoms with Crippen LogP contribution in [0.3, 0.4) is 0 Å². The summed E-state index contributed by atoms with van der Waals surface area (Å²) in [6, 6.07) is 11.6. The van der Waals surface area contributed by atoms with Crippen molar-refractivity contribution in [3.63, 3.8) is 0 Å². The molecule has 0 spiro atoms. The first-order valence-electron chi connectivity index (χ1n) is 7.88. The maximum Gasteiger partial charge on any atom is 0.0195 e. The average Bonchev–Trinajstić information content (AvgIpc) is 2.47. The Morgan fingerprint density at radius 3 is 2.89 bits per heavy atom. The maximum atomic E-state index is 3.67. The van der Waals surface area contributed by atoms with Gasteiger partial charge in [0, 0.05) is 12.6 Å². The highest BCUT2D eigenvalue weighted by Gasteiger charge is 2.18. The smallest absolute Gasteiger partial charge is 0.0195 e. The summed E-state index contributed by atoms with van der Waals surface area (Å²) in [5, 5.41) is 3.67. The maximum absolute atomic E-state index is 3.67. The van der Waals surface area contributed by atoms with Gasteiger partial charge in [-0.1, -0.05) is 37.3 Å². The number of hydrogen-bond acceptors (Lipinski definition) is 2. The fourth-order valence-electron chi connectivity index (χ4n) is 2.93. The van der Waals surface area contributed by atoms with Crippen molar-refractivity contribution in [3.05, 3.63) is 35.9 Å². The number of aryl methyl sites for hydroxylation is 1. The second kappa shape index (κ2) is 8.34. The number of nitrogens with one attached hydrogen (secondary N) is 1. The topological polar surface area (TPSA) is 15.3 Å². The van der Waals surface area contributed by atoms with Gasteiger partial charge in [0.2, 0.25) is 0 Å². The molecule has 1 saturated heterocycles. The first-order chi connectivity index (χ1) is 9.38. The van der Waals surface area contributed by atoms with Crippen LogP contribution in [0, 0.1) is 0 Å². The first kappa shape index (κ1) is 14.5. The summed E-state index contributed by atoms with van der Waals surface area (Å²) in [7, 11) is 0. The third-order valence-electron chi connectivity index (χ3n) is 3.97. The van der Waals surface area contributed by atoms with Crippen LogP contribution in [0.1, 0.15) is 38.2 Å². The van der Waals surface area contributed by atoms with Gasteiger partial charge < -0.3 is 10.2 Å². The van der Waals surface area contributed by atoms with Crippen LogP contribution < -0.4 is 5.32 Å². The van der Waals surface area contributed by atoms with Gasteiger partial charge in [-0.05, 0) is 57.3 Å². The molecular weight excluding hydrogens is 232 g/mol. The van der Waals surface area contributed by atoms with Crippen LogP contribution in [-0.4, -0.2) is 37.1 Å². The Kier molecular flexibility index (Phi) is 6.38. The largest absolute Gasteiger partial charge is 0.313 e. The van der Waals surface area contributed by atoms with Gasteiger partial charge in [-0.25, -0.2) is 0 Å². The summed E-state index contributed by atoms with van der Waals surface area (Å²) < 4.78 is 0. The lowest BCUT2D eigenvalue weighted by Gasteiger charge is -2.33. The van der Waals surface area contributed by atoms with Crippen LogP contribution in [0.4, 0.5) is 0 Å². The van der Waals surface area contributed by atoms with Crippen molar-refractivity contribution in [3.8, 4) is 0 Å². The predicted molar refractivity (Wildman–Crippen MR) is 82.5 cm³/mol. The van der Waals surface area contributed by atoms with Gasteiger partial charge >= 0.3 is 0 Å². The van der Waals surface area contributed by atoms with E-state index in [1.165, 1.54) is 63.8 Å². The van der Waals surface area contributed by atoms with Crippen LogP contribution >= 0.6 is 0 Å². The molecule has 1 aliphatic rings. The Bertz CT molecular complexity index is 336. The molecule has 0 bridgehead atoms. The highest BCUT2D eigenvalue weighted by molar-refractivity contribution is 5.14. The fraction of sp³-hybridized carbons (Fsp3) is 0.647. The lowest BCUT2D eigenvalue weighted by molar-refractivity contribution is 0.189. The molecule has 1 heterocycles. The molecule has 0 aromatic heterocycles. The highest BCUT2D eigenvalue weighted by atomic mass is 15.2. The average molecular weight is 260 g/mol. The normalized spacial score (nSPS) is 20.6. The zero-order valence-electron chi connectivity index (χ0n) is 12.3. The third-order valence-corrected chi connectivity index (χ3v) is 3.97. The lowest BCUT2D eigenvalue weighted by atomic mass is 10.0. The van der Waals surface area contributed by atoms with Crippen LogP contribution in [-0.2, 0) is 6.42 Å². The van der Waals surface area contributed by atoms with Crippen molar-refractivity contribution in [2.24, 2.45) is 0 Å². The van der Waals surface area contributed by atoms with Gasteiger partial charge in [-0.2, -0.15) is 0 Å². The second-order valence-corrected chi connectivity index (χ2v) is 5.68. The minimum Gasteiger partial charge on any atom is -0.313 e. The van der Waals surface area contributed by atoms with E-state index in [-0.39, 0.29) is 0 Å². The minimum absolute atomic E-state index is 0.727. The van der Waals surface area contributed by atoms with E-state index in [0.717, 1.165) is 6.04 Å². The molecule has 0 radical (unpaired) electrons. The first-order valence-corrected chi connectivity index (χ1v) is 7.88. The zero-order chi connectivity index (χ0) is 13.3. The number of likely N-dealkylation sites (tertiary alicyclic amines) is 1. The molecule has 1 atom stereocenters. The van der Waals surface area contributed by atoms with Gasteiger partial charge in [0.1, 0.15) is 0 Å².